The highest BCUT2D eigenvalue weighted by Crippen LogP contribution is 2.12. The first kappa shape index (κ1) is 19.9. The van der Waals surface area contributed by atoms with Crippen molar-refractivity contribution in [1.82, 2.24) is 15.1 Å². The van der Waals surface area contributed by atoms with Gasteiger partial charge in [-0.25, -0.2) is 4.79 Å². The van der Waals surface area contributed by atoms with E-state index in [0.717, 1.165) is 48.4 Å². The van der Waals surface area contributed by atoms with E-state index in [4.69, 9.17) is 4.74 Å². The first-order valence-electron chi connectivity index (χ1n) is 9.21. The van der Waals surface area contributed by atoms with Gasteiger partial charge in [-0.1, -0.05) is 52.3 Å². The average Bonchev–Trinajstić information content (AvgIpc) is 2.69. The van der Waals surface area contributed by atoms with Crippen molar-refractivity contribution in [1.29, 1.82) is 0 Å². The Kier molecular flexibility index (Phi) is 7.26. The Balaban J connectivity index is 1.49. The van der Waals surface area contributed by atoms with E-state index in [0.29, 0.717) is 13.1 Å². The highest BCUT2D eigenvalue weighted by Gasteiger charge is 2.12. The largest absolute Gasteiger partial charge is 0.379 e. The maximum Gasteiger partial charge on any atom is 0.317 e. The fraction of sp³-hybridized carbons (Fsp3) is 0.381. The number of amides is 2. The fourth-order valence-electron chi connectivity index (χ4n) is 3.10. The van der Waals surface area contributed by atoms with Gasteiger partial charge in [-0.3, -0.25) is 4.90 Å². The van der Waals surface area contributed by atoms with E-state index in [1.165, 1.54) is 5.56 Å². The Bertz CT molecular complexity index is 745. The van der Waals surface area contributed by atoms with Gasteiger partial charge in [-0.15, -0.1) is 0 Å². The molecule has 0 atom stereocenters. The quantitative estimate of drug-likeness (QED) is 0.759. The van der Waals surface area contributed by atoms with Gasteiger partial charge in [0.1, 0.15) is 0 Å². The van der Waals surface area contributed by atoms with Crippen molar-refractivity contribution in [2.75, 3.05) is 33.4 Å². The number of urea groups is 1. The molecule has 1 aliphatic heterocycles. The van der Waals surface area contributed by atoms with Crippen molar-refractivity contribution >= 4 is 22.0 Å². The van der Waals surface area contributed by atoms with Crippen LogP contribution < -0.4 is 5.32 Å². The van der Waals surface area contributed by atoms with Crippen LogP contribution in [0.2, 0.25) is 0 Å². The molecule has 0 saturated carbocycles. The molecule has 144 valence electrons. The zero-order valence-corrected chi connectivity index (χ0v) is 17.2. The molecule has 1 saturated heterocycles. The maximum absolute atomic E-state index is 12.4. The van der Waals surface area contributed by atoms with Crippen molar-refractivity contribution in [2.24, 2.45) is 0 Å². The van der Waals surface area contributed by atoms with Gasteiger partial charge in [0.25, 0.3) is 0 Å². The van der Waals surface area contributed by atoms with Crippen LogP contribution in [0.5, 0.6) is 0 Å². The van der Waals surface area contributed by atoms with Gasteiger partial charge in [-0.05, 0) is 28.8 Å². The zero-order chi connectivity index (χ0) is 19.1. The van der Waals surface area contributed by atoms with E-state index in [-0.39, 0.29) is 6.03 Å². The van der Waals surface area contributed by atoms with Gasteiger partial charge in [-0.2, -0.15) is 0 Å². The van der Waals surface area contributed by atoms with E-state index < -0.39 is 0 Å². The number of halogens is 1. The third kappa shape index (κ3) is 6.34. The van der Waals surface area contributed by atoms with Gasteiger partial charge < -0.3 is 15.0 Å². The number of hydrogen-bond donors (Lipinski definition) is 1. The molecule has 5 nitrogen and oxygen atoms in total. The molecule has 2 aromatic carbocycles. The number of carbonyl (C=O) groups excluding carboxylic acids is 1. The summed E-state index contributed by atoms with van der Waals surface area (Å²) in [6.07, 6.45) is 0. The van der Waals surface area contributed by atoms with E-state index >= 15 is 0 Å². The monoisotopic (exact) mass is 431 g/mol. The van der Waals surface area contributed by atoms with E-state index in [9.17, 15) is 4.79 Å². The SMILES string of the molecule is CN(Cc1ccc(Br)cc1)C(=O)NCc1cccc(CN2CCOCC2)c1. The lowest BCUT2D eigenvalue weighted by Crippen LogP contribution is -2.36. The molecule has 0 aromatic heterocycles. The third-order valence-electron chi connectivity index (χ3n) is 4.62. The Morgan fingerprint density at radius 3 is 2.56 bits per heavy atom. The van der Waals surface area contributed by atoms with Crippen molar-refractivity contribution in [3.8, 4) is 0 Å². The lowest BCUT2D eigenvalue weighted by atomic mass is 10.1. The second-order valence-electron chi connectivity index (χ2n) is 6.85. The summed E-state index contributed by atoms with van der Waals surface area (Å²) in [4.78, 5) is 16.5. The second kappa shape index (κ2) is 9.88. The van der Waals surface area contributed by atoms with Crippen LogP contribution in [0.25, 0.3) is 0 Å². The molecule has 0 unspecified atom stereocenters. The van der Waals surface area contributed by atoms with Crippen LogP contribution in [0.4, 0.5) is 4.79 Å². The first-order chi connectivity index (χ1) is 13.1. The molecule has 1 aliphatic rings. The molecule has 2 amide bonds. The smallest absolute Gasteiger partial charge is 0.317 e. The lowest BCUT2D eigenvalue weighted by molar-refractivity contribution is 0.0342. The number of ether oxygens (including phenoxy) is 1. The minimum absolute atomic E-state index is 0.0727. The van der Waals surface area contributed by atoms with Crippen LogP contribution in [0.15, 0.2) is 53.0 Å². The molecular weight excluding hydrogens is 406 g/mol. The molecule has 1 heterocycles. The average molecular weight is 432 g/mol. The summed E-state index contributed by atoms with van der Waals surface area (Å²) in [5.74, 6) is 0. The summed E-state index contributed by atoms with van der Waals surface area (Å²) >= 11 is 3.43. The molecule has 3 rings (SSSR count). The molecule has 1 fully saturated rings. The van der Waals surface area contributed by atoms with Crippen LogP contribution in [0, 0.1) is 0 Å². The predicted molar refractivity (Wildman–Crippen MR) is 110 cm³/mol. The summed E-state index contributed by atoms with van der Waals surface area (Å²) in [6, 6.07) is 16.4. The summed E-state index contributed by atoms with van der Waals surface area (Å²) in [5, 5.41) is 3.01. The molecule has 0 aliphatic carbocycles. The van der Waals surface area contributed by atoms with Crippen molar-refractivity contribution in [3.05, 3.63) is 69.7 Å². The van der Waals surface area contributed by atoms with Gasteiger partial charge in [0, 0.05) is 44.2 Å². The van der Waals surface area contributed by atoms with Crippen molar-refractivity contribution < 1.29 is 9.53 Å². The van der Waals surface area contributed by atoms with E-state index in [1.807, 2.05) is 31.3 Å². The molecule has 6 heteroatoms. The van der Waals surface area contributed by atoms with E-state index in [1.54, 1.807) is 4.90 Å². The second-order valence-corrected chi connectivity index (χ2v) is 7.77. The molecule has 0 spiro atoms. The molecule has 1 N–H and O–H groups in total. The Morgan fingerprint density at radius 2 is 1.81 bits per heavy atom. The summed E-state index contributed by atoms with van der Waals surface area (Å²) in [6.45, 7) is 5.59. The highest BCUT2D eigenvalue weighted by molar-refractivity contribution is 9.10. The Hall–Kier alpha value is -1.89. The number of hydrogen-bond acceptors (Lipinski definition) is 3. The van der Waals surface area contributed by atoms with Crippen LogP contribution in [0.1, 0.15) is 16.7 Å². The number of carbonyl (C=O) groups is 1. The Labute approximate surface area is 169 Å². The topological polar surface area (TPSA) is 44.8 Å². The van der Waals surface area contributed by atoms with Gasteiger partial charge in [0.2, 0.25) is 0 Å². The van der Waals surface area contributed by atoms with Crippen LogP contribution in [-0.2, 0) is 24.4 Å². The fourth-order valence-corrected chi connectivity index (χ4v) is 3.37. The summed E-state index contributed by atoms with van der Waals surface area (Å²) in [7, 11) is 1.81. The van der Waals surface area contributed by atoms with Crippen LogP contribution in [0.3, 0.4) is 0 Å². The van der Waals surface area contributed by atoms with Crippen LogP contribution in [-0.4, -0.2) is 49.2 Å². The normalized spacial score (nSPS) is 14.7. The number of morpholine rings is 1. The van der Waals surface area contributed by atoms with Crippen molar-refractivity contribution in [2.45, 2.75) is 19.6 Å². The van der Waals surface area contributed by atoms with E-state index in [2.05, 4.69) is 50.4 Å². The van der Waals surface area contributed by atoms with Gasteiger partial charge in [0.15, 0.2) is 0 Å². The summed E-state index contributed by atoms with van der Waals surface area (Å²) < 4.78 is 6.44. The third-order valence-corrected chi connectivity index (χ3v) is 5.15. The van der Waals surface area contributed by atoms with Gasteiger partial charge in [0.05, 0.1) is 13.2 Å². The number of rotatable bonds is 6. The van der Waals surface area contributed by atoms with Crippen LogP contribution >= 0.6 is 15.9 Å². The predicted octanol–water partition coefficient (Wildman–Crippen LogP) is 3.62. The minimum atomic E-state index is -0.0727. The number of benzene rings is 2. The lowest BCUT2D eigenvalue weighted by Gasteiger charge is -2.26. The highest BCUT2D eigenvalue weighted by atomic mass is 79.9. The zero-order valence-electron chi connectivity index (χ0n) is 15.7. The van der Waals surface area contributed by atoms with Crippen molar-refractivity contribution in [3.63, 3.8) is 0 Å². The molecule has 2 aromatic rings. The molecule has 0 radical (unpaired) electrons. The van der Waals surface area contributed by atoms with Gasteiger partial charge >= 0.3 is 6.03 Å². The number of nitrogens with zero attached hydrogens (tertiary/aromatic N) is 2. The number of nitrogens with one attached hydrogen (secondary N) is 1. The Morgan fingerprint density at radius 1 is 1.11 bits per heavy atom. The molecule has 0 bridgehead atoms. The minimum Gasteiger partial charge on any atom is -0.379 e. The first-order valence-corrected chi connectivity index (χ1v) is 10.0. The molecular formula is C21H26BrN3O2. The maximum atomic E-state index is 12.4. The summed E-state index contributed by atoms with van der Waals surface area (Å²) in [5.41, 5.74) is 3.49. The standard InChI is InChI=1S/C21H26BrN3O2/c1-24(15-17-5-7-20(22)8-6-17)21(26)23-14-18-3-2-4-19(13-18)16-25-9-11-27-12-10-25/h2-8,13H,9-12,14-16H2,1H3,(H,23,26). The molecule has 27 heavy (non-hydrogen) atoms.